The second-order valence-corrected chi connectivity index (χ2v) is 8.63. The van der Waals surface area contributed by atoms with Crippen LogP contribution in [0.5, 0.6) is 0 Å². The third kappa shape index (κ3) is 3.03. The highest BCUT2D eigenvalue weighted by atomic mass is 32.1. The van der Waals surface area contributed by atoms with Crippen molar-refractivity contribution in [3.63, 3.8) is 0 Å². The topological polar surface area (TPSA) is 31.8 Å². The predicted molar refractivity (Wildman–Crippen MR) is 110 cm³/mol. The lowest BCUT2D eigenvalue weighted by Gasteiger charge is -2.33. The molecule has 0 aliphatic carbocycles. The molecule has 0 atom stereocenters. The van der Waals surface area contributed by atoms with E-state index in [0.717, 1.165) is 26.3 Å². The fourth-order valence-corrected chi connectivity index (χ4v) is 5.51. The first-order valence-electron chi connectivity index (χ1n) is 10.2. The maximum Gasteiger partial charge on any atom is 0.186 e. The maximum absolute atomic E-state index is 5.52. The first-order valence-corrected chi connectivity index (χ1v) is 11.0. The van der Waals surface area contributed by atoms with E-state index in [2.05, 4.69) is 26.8 Å². The molecule has 1 aromatic carbocycles. The minimum Gasteiger partial charge on any atom is -0.378 e. The smallest absolute Gasteiger partial charge is 0.186 e. The number of thiazole rings is 1. The third-order valence-corrected chi connectivity index (χ3v) is 6.98. The Hall–Kier alpha value is -1.53. The molecule has 0 radical (unpaired) electrons. The van der Waals surface area contributed by atoms with Crippen LogP contribution in [0, 0.1) is 0 Å². The Morgan fingerprint density at radius 3 is 2.23 bits per heavy atom. The van der Waals surface area contributed by atoms with Crippen molar-refractivity contribution >= 4 is 38.1 Å². The Balaban J connectivity index is 1.59. The van der Waals surface area contributed by atoms with Crippen molar-refractivity contribution in [2.75, 3.05) is 67.2 Å². The molecule has 0 N–H and O–H groups in total. The number of piperidine rings is 1. The Labute approximate surface area is 159 Å². The minimum atomic E-state index is 0.813. The number of fused-ring (bicyclic) bond motifs is 1. The van der Waals surface area contributed by atoms with Crippen LogP contribution in [0.3, 0.4) is 0 Å². The van der Waals surface area contributed by atoms with Gasteiger partial charge in [-0.2, -0.15) is 0 Å². The largest absolute Gasteiger partial charge is 0.378 e. The summed E-state index contributed by atoms with van der Waals surface area (Å²) in [4.78, 5) is 12.8. The van der Waals surface area contributed by atoms with Crippen molar-refractivity contribution in [1.29, 1.82) is 0 Å². The molecule has 3 saturated heterocycles. The molecule has 3 fully saturated rings. The SMILES string of the molecule is c1cc2sc(N3CCOCC3)nc2c(N2CCCCC2)c1N1CCCC1. The van der Waals surface area contributed by atoms with Crippen molar-refractivity contribution in [1.82, 2.24) is 4.98 Å². The number of morpholine rings is 1. The summed E-state index contributed by atoms with van der Waals surface area (Å²) >= 11 is 1.85. The van der Waals surface area contributed by atoms with E-state index in [-0.39, 0.29) is 0 Å². The summed E-state index contributed by atoms with van der Waals surface area (Å²) in [6.45, 7) is 8.26. The van der Waals surface area contributed by atoms with E-state index >= 15 is 0 Å². The van der Waals surface area contributed by atoms with Crippen LogP contribution < -0.4 is 14.7 Å². The zero-order valence-electron chi connectivity index (χ0n) is 15.5. The van der Waals surface area contributed by atoms with Gasteiger partial charge in [0, 0.05) is 39.3 Å². The van der Waals surface area contributed by atoms with Gasteiger partial charge in [0.2, 0.25) is 0 Å². The van der Waals surface area contributed by atoms with E-state index in [0.29, 0.717) is 0 Å². The predicted octanol–water partition coefficient (Wildman–Crippen LogP) is 3.72. The van der Waals surface area contributed by atoms with Gasteiger partial charge < -0.3 is 19.4 Å². The van der Waals surface area contributed by atoms with Gasteiger partial charge in [-0.3, -0.25) is 0 Å². The highest BCUT2D eigenvalue weighted by Gasteiger charge is 2.25. The number of rotatable bonds is 3. The molecule has 0 bridgehead atoms. The summed E-state index contributed by atoms with van der Waals surface area (Å²) in [5, 5.41) is 1.17. The van der Waals surface area contributed by atoms with E-state index in [9.17, 15) is 0 Å². The van der Waals surface area contributed by atoms with Gasteiger partial charge in [0.25, 0.3) is 0 Å². The molecule has 2 aromatic rings. The maximum atomic E-state index is 5.52. The Bertz CT molecular complexity index is 759. The molecule has 3 aliphatic heterocycles. The average molecular weight is 373 g/mol. The monoisotopic (exact) mass is 372 g/mol. The van der Waals surface area contributed by atoms with Gasteiger partial charge in [-0.15, -0.1) is 0 Å². The molecular formula is C20H28N4OS. The molecule has 0 saturated carbocycles. The van der Waals surface area contributed by atoms with E-state index in [4.69, 9.17) is 9.72 Å². The molecule has 5 rings (SSSR count). The number of hydrogen-bond acceptors (Lipinski definition) is 6. The number of benzene rings is 1. The zero-order chi connectivity index (χ0) is 17.3. The lowest BCUT2D eigenvalue weighted by molar-refractivity contribution is 0.122. The van der Waals surface area contributed by atoms with Crippen LogP contribution in [-0.4, -0.2) is 57.5 Å². The van der Waals surface area contributed by atoms with E-state index < -0.39 is 0 Å². The van der Waals surface area contributed by atoms with Crippen molar-refractivity contribution in [3.8, 4) is 0 Å². The van der Waals surface area contributed by atoms with Gasteiger partial charge in [0.1, 0.15) is 5.52 Å². The molecule has 1 aromatic heterocycles. The summed E-state index contributed by atoms with van der Waals surface area (Å²) in [6.07, 6.45) is 6.59. The van der Waals surface area contributed by atoms with Crippen molar-refractivity contribution < 1.29 is 4.74 Å². The van der Waals surface area contributed by atoms with E-state index in [1.807, 2.05) is 11.3 Å². The standard InChI is InChI=1S/C20H28N4OS/c1-2-10-23(11-3-1)19-16(22-8-4-5-9-22)6-7-17-18(19)21-20(26-17)24-12-14-25-15-13-24/h6-7H,1-5,8-15H2. The normalized spacial score (nSPS) is 21.8. The van der Waals surface area contributed by atoms with Crippen LogP contribution in [-0.2, 0) is 4.74 Å². The molecule has 6 heteroatoms. The van der Waals surface area contributed by atoms with Crippen LogP contribution >= 0.6 is 11.3 Å². The first kappa shape index (κ1) is 16.6. The molecule has 5 nitrogen and oxygen atoms in total. The zero-order valence-corrected chi connectivity index (χ0v) is 16.3. The number of ether oxygens (including phenoxy) is 1. The van der Waals surface area contributed by atoms with Crippen LogP contribution in [0.4, 0.5) is 16.5 Å². The number of anilines is 3. The third-order valence-electron chi connectivity index (χ3n) is 5.90. The Morgan fingerprint density at radius 2 is 1.46 bits per heavy atom. The fraction of sp³-hybridized carbons (Fsp3) is 0.650. The van der Waals surface area contributed by atoms with Crippen molar-refractivity contribution in [3.05, 3.63) is 12.1 Å². The van der Waals surface area contributed by atoms with Gasteiger partial charge in [-0.25, -0.2) is 4.98 Å². The van der Waals surface area contributed by atoms with Crippen LogP contribution in [0.15, 0.2) is 12.1 Å². The van der Waals surface area contributed by atoms with Gasteiger partial charge >= 0.3 is 0 Å². The van der Waals surface area contributed by atoms with Crippen LogP contribution in [0.25, 0.3) is 10.2 Å². The highest BCUT2D eigenvalue weighted by Crippen LogP contribution is 2.42. The first-order chi connectivity index (χ1) is 12.9. The molecule has 0 unspecified atom stereocenters. The Kier molecular flexibility index (Phi) is 4.63. The van der Waals surface area contributed by atoms with Crippen molar-refractivity contribution in [2.45, 2.75) is 32.1 Å². The quantitative estimate of drug-likeness (QED) is 0.820. The lowest BCUT2D eigenvalue weighted by Crippen LogP contribution is -2.36. The average Bonchev–Trinajstić information content (AvgIpc) is 3.38. The van der Waals surface area contributed by atoms with Gasteiger partial charge in [-0.1, -0.05) is 11.3 Å². The Morgan fingerprint density at radius 1 is 0.769 bits per heavy atom. The van der Waals surface area contributed by atoms with Gasteiger partial charge in [-0.05, 0) is 44.2 Å². The fourth-order valence-electron chi connectivity index (χ4n) is 4.49. The number of hydrogen-bond donors (Lipinski definition) is 0. The van der Waals surface area contributed by atoms with Crippen molar-refractivity contribution in [2.24, 2.45) is 0 Å². The molecule has 26 heavy (non-hydrogen) atoms. The summed E-state index contributed by atoms with van der Waals surface area (Å²) in [5.74, 6) is 0. The number of nitrogens with zero attached hydrogens (tertiary/aromatic N) is 4. The molecule has 0 amide bonds. The molecule has 3 aliphatic rings. The second-order valence-electron chi connectivity index (χ2n) is 7.62. The number of aromatic nitrogens is 1. The summed E-state index contributed by atoms with van der Waals surface area (Å²) in [5.41, 5.74) is 4.04. The van der Waals surface area contributed by atoms with Gasteiger partial charge in [0.05, 0.1) is 29.3 Å². The highest BCUT2D eigenvalue weighted by molar-refractivity contribution is 7.22. The molecule has 0 spiro atoms. The second kappa shape index (κ2) is 7.24. The lowest BCUT2D eigenvalue weighted by atomic mass is 10.1. The van der Waals surface area contributed by atoms with Gasteiger partial charge in [0.15, 0.2) is 5.13 Å². The molecule has 140 valence electrons. The summed E-state index contributed by atoms with van der Waals surface area (Å²) < 4.78 is 6.85. The van der Waals surface area contributed by atoms with E-state index in [1.165, 1.54) is 85.0 Å². The minimum absolute atomic E-state index is 0.813. The molecular weight excluding hydrogens is 344 g/mol. The van der Waals surface area contributed by atoms with Crippen LogP contribution in [0.2, 0.25) is 0 Å². The van der Waals surface area contributed by atoms with Crippen LogP contribution in [0.1, 0.15) is 32.1 Å². The molecule has 4 heterocycles. The summed E-state index contributed by atoms with van der Waals surface area (Å²) in [7, 11) is 0. The van der Waals surface area contributed by atoms with E-state index in [1.54, 1.807) is 0 Å². The summed E-state index contributed by atoms with van der Waals surface area (Å²) in [6, 6.07) is 4.66.